The lowest BCUT2D eigenvalue weighted by atomic mass is 10.1. The lowest BCUT2D eigenvalue weighted by Crippen LogP contribution is -2.23. The Morgan fingerprint density at radius 2 is 1.37 bits per heavy atom. The van der Waals surface area contributed by atoms with Crippen molar-refractivity contribution in [3.63, 3.8) is 0 Å². The summed E-state index contributed by atoms with van der Waals surface area (Å²) in [6.45, 7) is 24.0. The fourth-order valence-electron chi connectivity index (χ4n) is 0.793. The lowest BCUT2D eigenvalue weighted by molar-refractivity contribution is 0.703. The smallest absolute Gasteiger partial charge is 0.0296 e. The summed E-state index contributed by atoms with van der Waals surface area (Å²) in [4.78, 5) is 1.02. The molecule has 0 aliphatic rings. The molecule has 0 fully saturated rings. The average Bonchev–Trinajstić information content (AvgIpc) is 2.46. The Labute approximate surface area is 130 Å². The van der Waals surface area contributed by atoms with E-state index in [0.717, 1.165) is 10.5 Å². The summed E-state index contributed by atoms with van der Waals surface area (Å²) < 4.78 is 0. The predicted octanol–water partition coefficient (Wildman–Crippen LogP) is 6.48. The van der Waals surface area contributed by atoms with Gasteiger partial charge >= 0.3 is 0 Å². The van der Waals surface area contributed by atoms with Gasteiger partial charge < -0.3 is 5.32 Å². The molecule has 0 aromatic carbocycles. The van der Waals surface area contributed by atoms with Gasteiger partial charge in [-0.15, -0.1) is 12.6 Å². The van der Waals surface area contributed by atoms with Gasteiger partial charge in [-0.05, 0) is 31.4 Å². The summed E-state index contributed by atoms with van der Waals surface area (Å²) in [7, 11) is 1.92. The topological polar surface area (TPSA) is 12.0 Å². The van der Waals surface area contributed by atoms with Crippen molar-refractivity contribution in [1.29, 1.82) is 0 Å². The number of likely N-dealkylation sites (N-methyl/N-ethyl adjacent to an activating group) is 1. The maximum atomic E-state index is 4.23. The maximum absolute atomic E-state index is 4.23. The van der Waals surface area contributed by atoms with Crippen LogP contribution in [0.5, 0.6) is 0 Å². The third kappa shape index (κ3) is 31.9. The molecule has 0 aromatic heterocycles. The van der Waals surface area contributed by atoms with Crippen LogP contribution in [0.4, 0.5) is 0 Å². The first-order valence-electron chi connectivity index (χ1n) is 7.74. The van der Waals surface area contributed by atoms with Crippen LogP contribution in [0.1, 0.15) is 75.7 Å². The van der Waals surface area contributed by atoms with Gasteiger partial charge in [0.1, 0.15) is 0 Å². The molecule has 1 atom stereocenters. The van der Waals surface area contributed by atoms with Crippen LogP contribution in [0.3, 0.4) is 0 Å². The van der Waals surface area contributed by atoms with E-state index in [9.17, 15) is 0 Å². The van der Waals surface area contributed by atoms with Gasteiger partial charge in [0.2, 0.25) is 0 Å². The number of rotatable bonds is 3. The van der Waals surface area contributed by atoms with E-state index < -0.39 is 0 Å². The number of nitrogens with one attached hydrogen (secondary N) is 1. The minimum absolute atomic E-state index is 0.343. The Bertz CT molecular complexity index is 159. The lowest BCUT2D eigenvalue weighted by Gasteiger charge is -2.12. The fourth-order valence-corrected chi connectivity index (χ4v) is 1.08. The van der Waals surface area contributed by atoms with Crippen LogP contribution >= 0.6 is 12.6 Å². The SMILES string of the molecule is C=C/C(=C(/C)S)C(C)NC.CC.CC.CC.CCC. The number of thiol groups is 1. The molecule has 120 valence electrons. The van der Waals surface area contributed by atoms with E-state index in [-0.39, 0.29) is 0 Å². The number of hydrogen-bond donors (Lipinski definition) is 2. The summed E-state index contributed by atoms with van der Waals surface area (Å²) in [5.41, 5.74) is 1.16. The fraction of sp³-hybridized carbons (Fsp3) is 0.765. The Kier molecular flexibility index (Phi) is 59.4. The molecular weight excluding hydrogens is 250 g/mol. The van der Waals surface area contributed by atoms with Gasteiger partial charge in [-0.2, -0.15) is 0 Å². The van der Waals surface area contributed by atoms with Crippen molar-refractivity contribution in [3.05, 3.63) is 23.1 Å². The molecular formula is C17H41NS. The number of allylic oxidation sites excluding steroid dienone is 1. The van der Waals surface area contributed by atoms with E-state index >= 15 is 0 Å². The van der Waals surface area contributed by atoms with Crippen LogP contribution in [0.15, 0.2) is 23.1 Å². The molecule has 0 aromatic rings. The second-order valence-electron chi connectivity index (χ2n) is 2.96. The predicted molar refractivity (Wildman–Crippen MR) is 100 cm³/mol. The highest BCUT2D eigenvalue weighted by molar-refractivity contribution is 7.84. The molecule has 1 unspecified atom stereocenters. The minimum Gasteiger partial charge on any atom is -0.313 e. The molecule has 1 nitrogen and oxygen atoms in total. The Hall–Kier alpha value is -0.210. The summed E-state index contributed by atoms with van der Waals surface area (Å²) >= 11 is 4.23. The largest absolute Gasteiger partial charge is 0.313 e. The van der Waals surface area contributed by atoms with Crippen LogP contribution < -0.4 is 5.32 Å². The second-order valence-corrected chi connectivity index (χ2v) is 3.63. The molecule has 0 rings (SSSR count). The van der Waals surface area contributed by atoms with E-state index in [0.29, 0.717) is 6.04 Å². The van der Waals surface area contributed by atoms with Crippen LogP contribution in [0, 0.1) is 0 Å². The number of hydrogen-bond acceptors (Lipinski definition) is 2. The normalized spacial score (nSPS) is 10.3. The van der Waals surface area contributed by atoms with Gasteiger partial charge in [-0.1, -0.05) is 74.5 Å². The van der Waals surface area contributed by atoms with Crippen molar-refractivity contribution < 1.29 is 0 Å². The monoisotopic (exact) mass is 291 g/mol. The van der Waals surface area contributed by atoms with E-state index in [2.05, 4.69) is 45.3 Å². The average molecular weight is 292 g/mol. The summed E-state index contributed by atoms with van der Waals surface area (Å²) in [6.07, 6.45) is 3.09. The van der Waals surface area contributed by atoms with Gasteiger partial charge in [-0.3, -0.25) is 0 Å². The highest BCUT2D eigenvalue weighted by atomic mass is 32.1. The van der Waals surface area contributed by atoms with Crippen molar-refractivity contribution in [2.24, 2.45) is 0 Å². The Balaban J connectivity index is -0.0000000607. The van der Waals surface area contributed by atoms with Gasteiger partial charge in [0, 0.05) is 6.04 Å². The van der Waals surface area contributed by atoms with Crippen LogP contribution in [0.25, 0.3) is 0 Å². The first-order chi connectivity index (χ1) is 9.04. The highest BCUT2D eigenvalue weighted by Crippen LogP contribution is 2.12. The van der Waals surface area contributed by atoms with Gasteiger partial charge in [0.05, 0.1) is 0 Å². The third-order valence-corrected chi connectivity index (χ3v) is 1.80. The van der Waals surface area contributed by atoms with Crippen molar-refractivity contribution >= 4 is 12.6 Å². The zero-order valence-electron chi connectivity index (χ0n) is 15.5. The molecule has 1 N–H and O–H groups in total. The zero-order valence-corrected chi connectivity index (χ0v) is 16.4. The van der Waals surface area contributed by atoms with Crippen molar-refractivity contribution in [2.45, 2.75) is 81.7 Å². The van der Waals surface area contributed by atoms with Crippen LogP contribution in [0.2, 0.25) is 0 Å². The van der Waals surface area contributed by atoms with E-state index in [1.165, 1.54) is 6.42 Å². The molecule has 0 saturated carbocycles. The molecule has 0 saturated heterocycles. The molecule has 0 aliphatic carbocycles. The molecule has 19 heavy (non-hydrogen) atoms. The van der Waals surface area contributed by atoms with E-state index in [4.69, 9.17) is 0 Å². The quantitative estimate of drug-likeness (QED) is 0.448. The van der Waals surface area contributed by atoms with Gasteiger partial charge in [0.15, 0.2) is 0 Å². The zero-order chi connectivity index (χ0) is 16.9. The van der Waals surface area contributed by atoms with Gasteiger partial charge in [0.25, 0.3) is 0 Å². The van der Waals surface area contributed by atoms with E-state index in [1.54, 1.807) is 0 Å². The standard InChI is InChI=1S/C8H15NS.C3H8.3C2H6/c1-5-8(7(3)10)6(2)9-4;1-3-2;3*1-2/h5-6,9-10H,1H2,2-4H3;3H2,1-2H3;3*1-2H3/b8-7+;;;;. The van der Waals surface area contributed by atoms with Crippen molar-refractivity contribution in [3.8, 4) is 0 Å². The van der Waals surface area contributed by atoms with Crippen molar-refractivity contribution in [1.82, 2.24) is 5.32 Å². The van der Waals surface area contributed by atoms with Gasteiger partial charge in [-0.25, -0.2) is 0 Å². The Morgan fingerprint density at radius 3 is 1.42 bits per heavy atom. The molecule has 0 radical (unpaired) electrons. The molecule has 0 aliphatic heterocycles. The first kappa shape index (κ1) is 31.3. The summed E-state index contributed by atoms with van der Waals surface area (Å²) in [6, 6.07) is 0.343. The Morgan fingerprint density at radius 1 is 1.11 bits per heavy atom. The van der Waals surface area contributed by atoms with E-state index in [1.807, 2.05) is 61.6 Å². The molecule has 2 heteroatoms. The van der Waals surface area contributed by atoms with Crippen molar-refractivity contribution in [2.75, 3.05) is 7.05 Å². The summed E-state index contributed by atoms with van der Waals surface area (Å²) in [5.74, 6) is 0. The summed E-state index contributed by atoms with van der Waals surface area (Å²) in [5, 5.41) is 3.12. The maximum Gasteiger partial charge on any atom is 0.0296 e. The first-order valence-corrected chi connectivity index (χ1v) is 8.19. The molecule has 0 bridgehead atoms. The van der Waals surface area contributed by atoms with Crippen LogP contribution in [-0.2, 0) is 0 Å². The molecule has 0 spiro atoms. The molecule has 0 heterocycles. The van der Waals surface area contributed by atoms with Crippen LogP contribution in [-0.4, -0.2) is 13.1 Å². The highest BCUT2D eigenvalue weighted by Gasteiger charge is 2.02. The third-order valence-electron chi connectivity index (χ3n) is 1.54. The second kappa shape index (κ2) is 36.1. The molecule has 0 amide bonds. The minimum atomic E-state index is 0.343.